The zero-order chi connectivity index (χ0) is 7.94. The molecule has 0 aliphatic heterocycles. The standard InChI is InChI=1S/C8H7N3/c9-6-10-7-11-8-4-2-1-3-5-8/h1-5,7H,(H,10,11). The number of aliphatic imine (C=N–C) groups is 1. The summed E-state index contributed by atoms with van der Waals surface area (Å²) in [4.78, 5) is 3.94. The minimum absolute atomic E-state index is 0.829. The molecule has 1 aromatic carbocycles. The fourth-order valence-electron chi connectivity index (χ4n) is 0.650. The van der Waals surface area contributed by atoms with Crippen molar-refractivity contribution in [2.24, 2.45) is 4.99 Å². The Morgan fingerprint density at radius 2 is 2.09 bits per heavy atom. The Morgan fingerprint density at radius 1 is 1.36 bits per heavy atom. The lowest BCUT2D eigenvalue weighted by atomic mass is 10.3. The normalized spacial score (nSPS) is 9.36. The van der Waals surface area contributed by atoms with Gasteiger partial charge in [-0.05, 0) is 12.1 Å². The van der Waals surface area contributed by atoms with Crippen LogP contribution in [0.15, 0.2) is 35.3 Å². The average molecular weight is 145 g/mol. The quantitative estimate of drug-likeness (QED) is 0.296. The second-order valence-corrected chi connectivity index (χ2v) is 1.85. The molecule has 0 radical (unpaired) electrons. The van der Waals surface area contributed by atoms with E-state index in [1.807, 2.05) is 30.3 Å². The van der Waals surface area contributed by atoms with Gasteiger partial charge in [0, 0.05) is 0 Å². The Morgan fingerprint density at radius 3 is 2.73 bits per heavy atom. The molecule has 3 heteroatoms. The lowest BCUT2D eigenvalue weighted by Crippen LogP contribution is -1.98. The maximum Gasteiger partial charge on any atom is 0.182 e. The highest BCUT2D eigenvalue weighted by atomic mass is 14.9. The third kappa shape index (κ3) is 2.50. The lowest BCUT2D eigenvalue weighted by molar-refractivity contribution is 1.29. The maximum absolute atomic E-state index is 8.09. The summed E-state index contributed by atoms with van der Waals surface area (Å²) in [6.45, 7) is 0. The summed E-state index contributed by atoms with van der Waals surface area (Å²) in [5.41, 5.74) is 0.829. The molecule has 0 amide bonds. The summed E-state index contributed by atoms with van der Waals surface area (Å²) in [6.07, 6.45) is 3.10. The number of para-hydroxylation sites is 1. The molecule has 0 heterocycles. The van der Waals surface area contributed by atoms with Crippen LogP contribution in [0.3, 0.4) is 0 Å². The Balaban J connectivity index is 2.59. The second kappa shape index (κ2) is 4.07. The van der Waals surface area contributed by atoms with Crippen LogP contribution in [0.2, 0.25) is 0 Å². The molecule has 0 spiro atoms. The van der Waals surface area contributed by atoms with Crippen LogP contribution in [-0.2, 0) is 0 Å². The first-order chi connectivity index (χ1) is 5.43. The fourth-order valence-corrected chi connectivity index (χ4v) is 0.650. The van der Waals surface area contributed by atoms with Gasteiger partial charge in [0.05, 0.1) is 5.69 Å². The number of nitriles is 1. The van der Waals surface area contributed by atoms with Gasteiger partial charge in [0.1, 0.15) is 6.34 Å². The maximum atomic E-state index is 8.09. The Labute approximate surface area is 65.0 Å². The van der Waals surface area contributed by atoms with Crippen molar-refractivity contribution in [1.82, 2.24) is 5.32 Å². The number of nitrogens with zero attached hydrogens (tertiary/aromatic N) is 2. The number of nitrogens with one attached hydrogen (secondary N) is 1. The van der Waals surface area contributed by atoms with Crippen LogP contribution in [0, 0.1) is 11.5 Å². The Hall–Kier alpha value is -1.82. The molecule has 0 saturated carbocycles. The van der Waals surface area contributed by atoms with Crippen LogP contribution >= 0.6 is 0 Å². The van der Waals surface area contributed by atoms with E-state index >= 15 is 0 Å². The van der Waals surface area contributed by atoms with Crippen LogP contribution < -0.4 is 5.32 Å². The predicted octanol–water partition coefficient (Wildman–Crippen LogP) is 1.42. The third-order valence-electron chi connectivity index (χ3n) is 1.10. The average Bonchev–Trinajstić information content (AvgIpc) is 2.07. The molecule has 0 aliphatic carbocycles. The van der Waals surface area contributed by atoms with Crippen molar-refractivity contribution in [2.75, 3.05) is 0 Å². The van der Waals surface area contributed by atoms with Crippen molar-refractivity contribution in [3.63, 3.8) is 0 Å². The number of hydrogen-bond acceptors (Lipinski definition) is 2. The number of hydrogen-bond donors (Lipinski definition) is 1. The van der Waals surface area contributed by atoms with Gasteiger partial charge in [0.2, 0.25) is 0 Å². The monoisotopic (exact) mass is 145 g/mol. The van der Waals surface area contributed by atoms with Gasteiger partial charge in [-0.25, -0.2) is 4.99 Å². The molecule has 0 atom stereocenters. The fraction of sp³-hybridized carbons (Fsp3) is 0. The summed E-state index contributed by atoms with van der Waals surface area (Å²) >= 11 is 0. The third-order valence-corrected chi connectivity index (χ3v) is 1.10. The van der Waals surface area contributed by atoms with E-state index < -0.39 is 0 Å². The van der Waals surface area contributed by atoms with Crippen LogP contribution in [-0.4, -0.2) is 6.34 Å². The summed E-state index contributed by atoms with van der Waals surface area (Å²) in [5, 5.41) is 10.4. The number of rotatable bonds is 2. The van der Waals surface area contributed by atoms with Crippen LogP contribution in [0.4, 0.5) is 5.69 Å². The molecule has 0 unspecified atom stereocenters. The highest BCUT2D eigenvalue weighted by Crippen LogP contribution is 2.07. The summed E-state index contributed by atoms with van der Waals surface area (Å²) in [5.74, 6) is 0. The first kappa shape index (κ1) is 7.29. The van der Waals surface area contributed by atoms with E-state index in [0.29, 0.717) is 0 Å². The summed E-state index contributed by atoms with van der Waals surface area (Å²) in [7, 11) is 0. The minimum atomic E-state index is 0.829. The molecule has 1 N–H and O–H groups in total. The largest absolute Gasteiger partial charge is 0.283 e. The lowest BCUT2D eigenvalue weighted by Gasteiger charge is -1.88. The number of benzene rings is 1. The molecule has 0 aliphatic rings. The van der Waals surface area contributed by atoms with Crippen LogP contribution in [0.5, 0.6) is 0 Å². The highest BCUT2D eigenvalue weighted by Gasteiger charge is 1.80. The van der Waals surface area contributed by atoms with E-state index in [2.05, 4.69) is 10.3 Å². The van der Waals surface area contributed by atoms with Gasteiger partial charge < -0.3 is 0 Å². The summed E-state index contributed by atoms with van der Waals surface area (Å²) < 4.78 is 0. The molecule has 1 aromatic rings. The highest BCUT2D eigenvalue weighted by molar-refractivity contribution is 5.62. The molecule has 11 heavy (non-hydrogen) atoms. The smallest absolute Gasteiger partial charge is 0.182 e. The van der Waals surface area contributed by atoms with Crippen molar-refractivity contribution in [3.8, 4) is 6.19 Å². The van der Waals surface area contributed by atoms with Gasteiger partial charge in [-0.2, -0.15) is 5.26 Å². The molecular formula is C8H7N3. The van der Waals surface area contributed by atoms with Crippen LogP contribution in [0.25, 0.3) is 0 Å². The topological polar surface area (TPSA) is 48.2 Å². The SMILES string of the molecule is N#CNC=Nc1ccccc1. The van der Waals surface area contributed by atoms with E-state index in [1.54, 1.807) is 6.19 Å². The van der Waals surface area contributed by atoms with E-state index in [-0.39, 0.29) is 0 Å². The molecule has 0 fully saturated rings. The van der Waals surface area contributed by atoms with Gasteiger partial charge in [-0.15, -0.1) is 0 Å². The Bertz CT molecular complexity index is 271. The molecule has 54 valence electrons. The first-order valence-corrected chi connectivity index (χ1v) is 3.15. The van der Waals surface area contributed by atoms with Gasteiger partial charge in [-0.1, -0.05) is 18.2 Å². The van der Waals surface area contributed by atoms with E-state index in [4.69, 9.17) is 5.26 Å². The van der Waals surface area contributed by atoms with Crippen molar-refractivity contribution < 1.29 is 0 Å². The van der Waals surface area contributed by atoms with Gasteiger partial charge in [0.25, 0.3) is 0 Å². The van der Waals surface area contributed by atoms with Crippen LogP contribution in [0.1, 0.15) is 0 Å². The zero-order valence-corrected chi connectivity index (χ0v) is 5.86. The molecule has 0 bridgehead atoms. The predicted molar refractivity (Wildman–Crippen MR) is 43.3 cm³/mol. The van der Waals surface area contributed by atoms with Gasteiger partial charge in [0.15, 0.2) is 6.19 Å². The van der Waals surface area contributed by atoms with Crippen molar-refractivity contribution in [2.45, 2.75) is 0 Å². The Kier molecular flexibility index (Phi) is 2.70. The second-order valence-electron chi connectivity index (χ2n) is 1.85. The van der Waals surface area contributed by atoms with Gasteiger partial charge >= 0.3 is 0 Å². The zero-order valence-electron chi connectivity index (χ0n) is 5.86. The van der Waals surface area contributed by atoms with Gasteiger partial charge in [-0.3, -0.25) is 5.32 Å². The minimum Gasteiger partial charge on any atom is -0.283 e. The van der Waals surface area contributed by atoms with E-state index in [1.165, 1.54) is 6.34 Å². The molecular weight excluding hydrogens is 138 g/mol. The molecule has 0 saturated heterocycles. The van der Waals surface area contributed by atoms with Crippen molar-refractivity contribution in [3.05, 3.63) is 30.3 Å². The molecule has 3 nitrogen and oxygen atoms in total. The van der Waals surface area contributed by atoms with Crippen molar-refractivity contribution >= 4 is 12.0 Å². The van der Waals surface area contributed by atoms with E-state index in [9.17, 15) is 0 Å². The molecule has 1 rings (SSSR count). The summed E-state index contributed by atoms with van der Waals surface area (Å²) in [6, 6.07) is 9.40. The first-order valence-electron chi connectivity index (χ1n) is 3.15. The van der Waals surface area contributed by atoms with E-state index in [0.717, 1.165) is 5.69 Å². The molecule has 0 aromatic heterocycles. The van der Waals surface area contributed by atoms with Crippen molar-refractivity contribution in [1.29, 1.82) is 5.26 Å².